The highest BCUT2D eigenvalue weighted by molar-refractivity contribution is 6.07. The molecule has 1 unspecified atom stereocenters. The predicted molar refractivity (Wildman–Crippen MR) is 220 cm³/mol. The van der Waals surface area contributed by atoms with Gasteiger partial charge >= 0.3 is 6.09 Å². The maximum Gasteiger partial charge on any atom is 0.407 e. The Morgan fingerprint density at radius 3 is 2.48 bits per heavy atom. The second-order valence-electron chi connectivity index (χ2n) is 17.1. The average Bonchev–Trinajstić information content (AvgIpc) is 4.04. The van der Waals surface area contributed by atoms with Crippen molar-refractivity contribution in [2.24, 2.45) is 11.8 Å². The molecule has 13 heteroatoms. The van der Waals surface area contributed by atoms with Gasteiger partial charge in [0.1, 0.15) is 30.0 Å². The highest BCUT2D eigenvalue weighted by Gasteiger charge is 2.42. The molecule has 13 nitrogen and oxygen atoms in total. The fourth-order valence-corrected chi connectivity index (χ4v) is 9.76. The van der Waals surface area contributed by atoms with Gasteiger partial charge in [-0.2, -0.15) is 0 Å². The minimum atomic E-state index is -0.705. The van der Waals surface area contributed by atoms with E-state index in [9.17, 15) is 14.4 Å². The summed E-state index contributed by atoms with van der Waals surface area (Å²) in [6, 6.07) is 14.1. The number of likely N-dealkylation sites (tertiary alicyclic amines) is 2. The number of hydrogen-bond acceptors (Lipinski definition) is 8. The highest BCUT2D eigenvalue weighted by atomic mass is 16.5. The van der Waals surface area contributed by atoms with Crippen LogP contribution < -0.4 is 10.1 Å². The molecule has 0 bridgehead atoms. The molecule has 3 fully saturated rings. The first-order valence-electron chi connectivity index (χ1n) is 20.9. The number of benzene rings is 3. The zero-order valence-corrected chi connectivity index (χ0v) is 34.0. The van der Waals surface area contributed by atoms with Crippen LogP contribution in [-0.2, 0) is 25.7 Å². The monoisotopic (exact) mass is 787 g/mol. The average molecular weight is 788 g/mol. The Morgan fingerprint density at radius 1 is 0.931 bits per heavy atom. The van der Waals surface area contributed by atoms with Crippen LogP contribution in [0.2, 0.25) is 0 Å². The summed E-state index contributed by atoms with van der Waals surface area (Å²) in [4.78, 5) is 60.6. The molecule has 0 spiro atoms. The van der Waals surface area contributed by atoms with Gasteiger partial charge in [-0.1, -0.05) is 32.0 Å². The van der Waals surface area contributed by atoms with E-state index in [4.69, 9.17) is 24.2 Å². The zero-order chi connectivity index (χ0) is 40.2. The number of H-pyrrole nitrogens is 2. The second-order valence-corrected chi connectivity index (χ2v) is 17.1. The van der Waals surface area contributed by atoms with Crippen molar-refractivity contribution in [2.75, 3.05) is 20.3 Å². The van der Waals surface area contributed by atoms with Crippen molar-refractivity contribution in [1.82, 2.24) is 35.1 Å². The molecule has 0 radical (unpaired) electrons. The van der Waals surface area contributed by atoms with Crippen LogP contribution >= 0.6 is 0 Å². The van der Waals surface area contributed by atoms with Crippen LogP contribution in [0.3, 0.4) is 0 Å². The first kappa shape index (κ1) is 38.1. The Morgan fingerprint density at radius 2 is 1.72 bits per heavy atom. The predicted octanol–water partition coefficient (Wildman–Crippen LogP) is 7.97. The van der Waals surface area contributed by atoms with Crippen molar-refractivity contribution >= 4 is 39.7 Å². The molecule has 9 rings (SSSR count). The first-order chi connectivity index (χ1) is 28.1. The lowest BCUT2D eigenvalue weighted by Crippen LogP contribution is -2.52. The van der Waals surface area contributed by atoms with Gasteiger partial charge in [-0.25, -0.2) is 14.8 Å². The Balaban J connectivity index is 0.957. The number of aromatic amines is 2. The van der Waals surface area contributed by atoms with Crippen LogP contribution in [0.5, 0.6) is 5.75 Å². The Bertz CT molecular complexity index is 2380. The van der Waals surface area contributed by atoms with Crippen molar-refractivity contribution in [3.63, 3.8) is 0 Å². The molecule has 4 aliphatic heterocycles. The number of alkyl carbamates (subject to hydrolysis) is 1. The molecular weight excluding hydrogens is 735 g/mol. The lowest BCUT2D eigenvalue weighted by Gasteiger charge is -2.32. The van der Waals surface area contributed by atoms with Gasteiger partial charge < -0.3 is 39.3 Å². The lowest BCUT2D eigenvalue weighted by molar-refractivity contribution is -0.137. The van der Waals surface area contributed by atoms with Crippen LogP contribution in [0.25, 0.3) is 44.2 Å². The first-order valence-corrected chi connectivity index (χ1v) is 20.9. The number of imidazole rings is 2. The minimum absolute atomic E-state index is 0.000876. The van der Waals surface area contributed by atoms with Crippen LogP contribution in [0.4, 0.5) is 4.79 Å². The standard InChI is InChI=1S/C45H53N7O6/c1-24(2)40(50-45(55)56-5)44(54)52-26(4)9-14-36(52)42-46-21-35(48-42)29-10-12-31-30(18-29)23-58-38-20-32-28(19-33(31)38)11-13-34-41(32)49-43(47-34)37-15-8-25(3)51(37)39(53)17-27-7-6-16-57-22-27/h10-13,18-21,24-27,36-37,40H,6-9,14-17,22-23H2,1-5H3,(H,46,48)(H,47,49)(H,50,55)/t25-,26-,27+,36-,37-,40?/m0/s1. The molecule has 3 aromatic carbocycles. The SMILES string of the molecule is COC(=O)NC(C(=O)N1[C@@H](C)CC[C@H]1c1ncc(-c2ccc3c(c2)COc2cc4c(ccc5[nH]c([C@@H]6CC[C@H](C)N6C(=O)C[C@H]6CCCOC6)nc54)cc2-3)[nH]1)C(C)C. The summed E-state index contributed by atoms with van der Waals surface area (Å²) in [5, 5.41) is 4.82. The zero-order valence-electron chi connectivity index (χ0n) is 34.0. The maximum atomic E-state index is 13.9. The number of nitrogens with zero attached hydrogens (tertiary/aromatic N) is 4. The van der Waals surface area contributed by atoms with Crippen LogP contribution in [0.15, 0.2) is 48.7 Å². The van der Waals surface area contributed by atoms with Gasteiger partial charge in [0.15, 0.2) is 0 Å². The molecule has 6 heterocycles. The van der Waals surface area contributed by atoms with E-state index in [2.05, 4.69) is 69.6 Å². The number of methoxy groups -OCH3 is 1. The van der Waals surface area contributed by atoms with E-state index < -0.39 is 12.1 Å². The smallest absolute Gasteiger partial charge is 0.407 e. The summed E-state index contributed by atoms with van der Waals surface area (Å²) in [5.74, 6) is 2.61. The molecule has 0 aliphatic carbocycles. The topological polar surface area (TPSA) is 155 Å². The third kappa shape index (κ3) is 6.86. The van der Waals surface area contributed by atoms with E-state index in [1.807, 2.05) is 31.9 Å². The molecule has 6 atom stereocenters. The third-order valence-corrected chi connectivity index (χ3v) is 12.9. The van der Waals surface area contributed by atoms with E-state index in [1.54, 1.807) is 0 Å². The van der Waals surface area contributed by atoms with E-state index in [1.165, 1.54) is 7.11 Å². The van der Waals surface area contributed by atoms with Crippen LogP contribution in [0.1, 0.15) is 102 Å². The third-order valence-electron chi connectivity index (χ3n) is 12.9. The number of rotatable bonds is 8. The molecular formula is C45H53N7O6. The van der Waals surface area contributed by atoms with Gasteiger partial charge in [0.05, 0.1) is 42.1 Å². The maximum absolute atomic E-state index is 13.9. The van der Waals surface area contributed by atoms with Gasteiger partial charge in [0.25, 0.3) is 0 Å². The molecule has 4 aliphatic rings. The highest BCUT2D eigenvalue weighted by Crippen LogP contribution is 2.44. The largest absolute Gasteiger partial charge is 0.488 e. The number of hydrogen-bond donors (Lipinski definition) is 3. The molecule has 304 valence electrons. The van der Waals surface area contributed by atoms with Crippen LogP contribution in [-0.4, -0.2) is 86.1 Å². The summed E-state index contributed by atoms with van der Waals surface area (Å²) in [7, 11) is 1.30. The molecule has 0 saturated carbocycles. The summed E-state index contributed by atoms with van der Waals surface area (Å²) >= 11 is 0. The number of carbonyl (C=O) groups excluding carboxylic acids is 3. The van der Waals surface area contributed by atoms with Crippen molar-refractivity contribution in [3.8, 4) is 28.1 Å². The lowest BCUT2D eigenvalue weighted by atomic mass is 9.92. The van der Waals surface area contributed by atoms with E-state index in [-0.39, 0.29) is 47.8 Å². The summed E-state index contributed by atoms with van der Waals surface area (Å²) < 4.78 is 16.9. The second kappa shape index (κ2) is 15.4. The fraction of sp³-hybridized carbons (Fsp3) is 0.489. The number of ether oxygens (including phenoxy) is 3. The van der Waals surface area contributed by atoms with Crippen molar-refractivity contribution < 1.29 is 28.6 Å². The van der Waals surface area contributed by atoms with Gasteiger partial charge in [-0.05, 0) is 111 Å². The van der Waals surface area contributed by atoms with Crippen molar-refractivity contribution in [1.29, 1.82) is 0 Å². The van der Waals surface area contributed by atoms with Crippen molar-refractivity contribution in [2.45, 2.75) is 109 Å². The van der Waals surface area contributed by atoms with Gasteiger partial charge in [-0.3, -0.25) is 9.59 Å². The molecule has 58 heavy (non-hydrogen) atoms. The molecule has 3 N–H and O–H groups in total. The molecule has 3 amide bonds. The number of amides is 3. The summed E-state index contributed by atoms with van der Waals surface area (Å²) in [6.45, 7) is 9.90. The van der Waals surface area contributed by atoms with Crippen molar-refractivity contribution in [3.05, 3.63) is 65.9 Å². The van der Waals surface area contributed by atoms with Gasteiger partial charge in [-0.15, -0.1) is 0 Å². The van der Waals surface area contributed by atoms with E-state index in [0.29, 0.717) is 19.6 Å². The molecule has 5 aromatic rings. The Kier molecular flexibility index (Phi) is 10.1. The van der Waals surface area contributed by atoms with E-state index in [0.717, 1.165) is 112 Å². The number of aromatic nitrogens is 4. The minimum Gasteiger partial charge on any atom is -0.488 e. The fourth-order valence-electron chi connectivity index (χ4n) is 9.76. The summed E-state index contributed by atoms with van der Waals surface area (Å²) in [5.41, 5.74) is 6.90. The Labute approximate surface area is 338 Å². The molecule has 2 aromatic heterocycles. The number of fused-ring (bicyclic) bond motifs is 6. The quantitative estimate of drug-likeness (QED) is 0.143. The normalized spacial score (nSPS) is 23.5. The number of carbonyl (C=O) groups is 3. The Hall–Kier alpha value is -5.43. The van der Waals surface area contributed by atoms with Crippen LogP contribution in [0, 0.1) is 11.8 Å². The molecule has 3 saturated heterocycles. The van der Waals surface area contributed by atoms with Gasteiger partial charge in [0, 0.05) is 42.7 Å². The number of nitrogens with one attached hydrogen (secondary N) is 3. The summed E-state index contributed by atoms with van der Waals surface area (Å²) in [6.07, 6.45) is 7.24. The van der Waals surface area contributed by atoms with E-state index >= 15 is 0 Å². The van der Waals surface area contributed by atoms with Gasteiger partial charge in [0.2, 0.25) is 11.8 Å².